The van der Waals surface area contributed by atoms with E-state index in [4.69, 9.17) is 9.47 Å². The van der Waals surface area contributed by atoms with E-state index < -0.39 is 0 Å². The van der Waals surface area contributed by atoms with Crippen LogP contribution >= 0.6 is 0 Å². The summed E-state index contributed by atoms with van der Waals surface area (Å²) in [5.41, 5.74) is 3.60. The van der Waals surface area contributed by atoms with E-state index in [9.17, 15) is 5.26 Å². The molecule has 7 heteroatoms. The molecule has 132 valence electrons. The number of anilines is 2. The molecule has 7 nitrogen and oxygen atoms in total. The molecule has 2 aromatic heterocycles. The quantitative estimate of drug-likeness (QED) is 0.782. The van der Waals surface area contributed by atoms with Crippen molar-refractivity contribution in [3.8, 4) is 11.8 Å². The lowest BCUT2D eigenvalue weighted by atomic mass is 9.89. The van der Waals surface area contributed by atoms with E-state index in [2.05, 4.69) is 21.6 Å². The third kappa shape index (κ3) is 2.55. The van der Waals surface area contributed by atoms with Gasteiger partial charge in [-0.05, 0) is 31.5 Å². The molecule has 1 aliphatic heterocycles. The molecule has 4 rings (SSSR count). The molecule has 1 aromatic carbocycles. The smallest absolute Gasteiger partial charge is 0.168 e. The number of hydrogen-bond donors (Lipinski definition) is 1. The first-order chi connectivity index (χ1) is 12.5. The van der Waals surface area contributed by atoms with E-state index in [1.54, 1.807) is 17.8 Å². The highest BCUT2D eigenvalue weighted by Gasteiger charge is 2.32. The minimum Gasteiger partial charge on any atom is -0.495 e. The van der Waals surface area contributed by atoms with Crippen molar-refractivity contribution < 1.29 is 9.47 Å². The molecule has 0 saturated heterocycles. The average Bonchev–Trinajstić information content (AvgIpc) is 3.11. The van der Waals surface area contributed by atoms with Crippen LogP contribution in [0.5, 0.6) is 5.75 Å². The van der Waals surface area contributed by atoms with Crippen LogP contribution in [0.25, 0.3) is 5.65 Å². The third-order valence-corrected chi connectivity index (χ3v) is 4.64. The zero-order valence-corrected chi connectivity index (χ0v) is 14.9. The van der Waals surface area contributed by atoms with Crippen LogP contribution in [0.2, 0.25) is 0 Å². The van der Waals surface area contributed by atoms with Gasteiger partial charge in [-0.2, -0.15) is 5.26 Å². The molecule has 0 amide bonds. The summed E-state index contributed by atoms with van der Waals surface area (Å²) in [6.45, 7) is 4.46. The Bertz CT molecular complexity index is 1030. The summed E-state index contributed by atoms with van der Waals surface area (Å²) in [7, 11) is 1.62. The minimum atomic E-state index is -0.335. The fourth-order valence-electron chi connectivity index (χ4n) is 3.36. The van der Waals surface area contributed by atoms with Crippen LogP contribution in [0.3, 0.4) is 0 Å². The van der Waals surface area contributed by atoms with E-state index in [1.165, 1.54) is 0 Å². The SMILES string of the molecule is COc1ccccc1Nc1c(C#N)c2c(c3nncn13)COC(C)(C)C2. The van der Waals surface area contributed by atoms with Gasteiger partial charge in [0.05, 0.1) is 30.6 Å². The maximum atomic E-state index is 9.93. The second-order valence-electron chi connectivity index (χ2n) is 6.87. The van der Waals surface area contributed by atoms with Gasteiger partial charge in [0.25, 0.3) is 0 Å². The predicted octanol–water partition coefficient (Wildman–Crippen LogP) is 3.20. The molecular formula is C19H19N5O2. The fraction of sp³-hybridized carbons (Fsp3) is 0.316. The van der Waals surface area contributed by atoms with E-state index in [0.29, 0.717) is 35.8 Å². The average molecular weight is 349 g/mol. The maximum Gasteiger partial charge on any atom is 0.168 e. The highest BCUT2D eigenvalue weighted by atomic mass is 16.5. The summed E-state index contributed by atoms with van der Waals surface area (Å²) >= 11 is 0. The molecule has 1 aliphatic rings. The number of methoxy groups -OCH3 is 1. The lowest BCUT2D eigenvalue weighted by molar-refractivity contribution is -0.0397. The molecule has 0 atom stereocenters. The van der Waals surface area contributed by atoms with Crippen LogP contribution in [-0.4, -0.2) is 27.3 Å². The normalized spacial score (nSPS) is 15.3. The van der Waals surface area contributed by atoms with Crippen molar-refractivity contribution in [2.45, 2.75) is 32.5 Å². The molecular weight excluding hydrogens is 330 g/mol. The first kappa shape index (κ1) is 16.4. The monoisotopic (exact) mass is 349 g/mol. The maximum absolute atomic E-state index is 9.93. The van der Waals surface area contributed by atoms with Crippen molar-refractivity contribution in [1.82, 2.24) is 14.6 Å². The van der Waals surface area contributed by atoms with Crippen molar-refractivity contribution in [3.63, 3.8) is 0 Å². The first-order valence-electron chi connectivity index (χ1n) is 8.35. The molecule has 0 spiro atoms. The lowest BCUT2D eigenvalue weighted by Crippen LogP contribution is -2.33. The Morgan fingerprint density at radius 3 is 2.88 bits per heavy atom. The van der Waals surface area contributed by atoms with Crippen LogP contribution in [0.15, 0.2) is 30.6 Å². The van der Waals surface area contributed by atoms with Gasteiger partial charge < -0.3 is 14.8 Å². The van der Waals surface area contributed by atoms with Crippen molar-refractivity contribution in [3.05, 3.63) is 47.3 Å². The van der Waals surface area contributed by atoms with Crippen LogP contribution in [0.4, 0.5) is 11.5 Å². The number of fused-ring (bicyclic) bond motifs is 3. The van der Waals surface area contributed by atoms with E-state index in [0.717, 1.165) is 16.8 Å². The Balaban J connectivity index is 1.95. The molecule has 0 fully saturated rings. The summed E-state index contributed by atoms with van der Waals surface area (Å²) in [6, 6.07) is 9.95. The summed E-state index contributed by atoms with van der Waals surface area (Å²) in [6.07, 6.45) is 2.24. The van der Waals surface area contributed by atoms with Gasteiger partial charge in [-0.15, -0.1) is 10.2 Å². The number of nitrogens with zero attached hydrogens (tertiary/aromatic N) is 4. The Morgan fingerprint density at radius 2 is 2.12 bits per heavy atom. The second kappa shape index (κ2) is 6.00. The predicted molar refractivity (Wildman–Crippen MR) is 96.6 cm³/mol. The largest absolute Gasteiger partial charge is 0.495 e. The van der Waals surface area contributed by atoms with Gasteiger partial charge in [-0.1, -0.05) is 12.1 Å². The van der Waals surface area contributed by atoms with Gasteiger partial charge in [0.2, 0.25) is 0 Å². The molecule has 0 aliphatic carbocycles. The summed E-state index contributed by atoms with van der Waals surface area (Å²) in [5.74, 6) is 1.33. The third-order valence-electron chi connectivity index (χ3n) is 4.64. The molecule has 3 aromatic rings. The van der Waals surface area contributed by atoms with Gasteiger partial charge >= 0.3 is 0 Å². The summed E-state index contributed by atoms with van der Waals surface area (Å²) in [5, 5.41) is 21.6. The van der Waals surface area contributed by atoms with Crippen molar-refractivity contribution in [2.75, 3.05) is 12.4 Å². The van der Waals surface area contributed by atoms with E-state index >= 15 is 0 Å². The minimum absolute atomic E-state index is 0.335. The second-order valence-corrected chi connectivity index (χ2v) is 6.87. The number of para-hydroxylation sites is 2. The lowest BCUT2D eigenvalue weighted by Gasteiger charge is -2.33. The van der Waals surface area contributed by atoms with Crippen LogP contribution in [0.1, 0.15) is 30.5 Å². The molecule has 26 heavy (non-hydrogen) atoms. The Morgan fingerprint density at radius 1 is 1.31 bits per heavy atom. The number of ether oxygens (including phenoxy) is 2. The molecule has 1 N–H and O–H groups in total. The van der Waals surface area contributed by atoms with E-state index in [1.807, 2.05) is 38.1 Å². The summed E-state index contributed by atoms with van der Waals surface area (Å²) < 4.78 is 13.2. The topological polar surface area (TPSA) is 84.5 Å². The number of nitriles is 1. The highest BCUT2D eigenvalue weighted by molar-refractivity contribution is 5.74. The van der Waals surface area contributed by atoms with Gasteiger partial charge in [-0.25, -0.2) is 0 Å². The Hall–Kier alpha value is -3.11. The number of benzene rings is 1. The molecule has 0 radical (unpaired) electrons. The van der Waals surface area contributed by atoms with Crippen molar-refractivity contribution in [2.24, 2.45) is 0 Å². The Kier molecular flexibility index (Phi) is 3.78. The fourth-order valence-corrected chi connectivity index (χ4v) is 3.36. The van der Waals surface area contributed by atoms with Gasteiger partial charge in [0, 0.05) is 12.0 Å². The molecule has 0 bridgehead atoms. The number of aromatic nitrogens is 3. The standard InChI is InChI=1S/C19H19N5O2/c1-19(2)8-12-13(9-20)17(22-15-6-4-5-7-16(15)25-3)24-11-21-23-18(24)14(12)10-26-19/h4-7,11,22H,8,10H2,1-3H3. The number of nitrogens with one attached hydrogen (secondary N) is 1. The zero-order chi connectivity index (χ0) is 18.3. The van der Waals surface area contributed by atoms with Crippen LogP contribution in [-0.2, 0) is 17.8 Å². The number of pyridine rings is 1. The highest BCUT2D eigenvalue weighted by Crippen LogP contribution is 2.37. The number of hydrogen-bond acceptors (Lipinski definition) is 6. The first-order valence-corrected chi connectivity index (χ1v) is 8.35. The van der Waals surface area contributed by atoms with Gasteiger partial charge in [0.1, 0.15) is 24.0 Å². The number of rotatable bonds is 3. The van der Waals surface area contributed by atoms with Crippen LogP contribution < -0.4 is 10.1 Å². The summed E-state index contributed by atoms with van der Waals surface area (Å²) in [4.78, 5) is 0. The molecule has 3 heterocycles. The molecule has 0 saturated carbocycles. The van der Waals surface area contributed by atoms with Crippen LogP contribution in [0, 0.1) is 11.3 Å². The van der Waals surface area contributed by atoms with E-state index in [-0.39, 0.29) is 5.60 Å². The van der Waals surface area contributed by atoms with Gasteiger partial charge in [-0.3, -0.25) is 4.40 Å². The van der Waals surface area contributed by atoms with Crippen molar-refractivity contribution in [1.29, 1.82) is 5.26 Å². The zero-order valence-electron chi connectivity index (χ0n) is 14.9. The van der Waals surface area contributed by atoms with Crippen molar-refractivity contribution >= 4 is 17.2 Å². The Labute approximate surface area is 151 Å². The van der Waals surface area contributed by atoms with Gasteiger partial charge in [0.15, 0.2) is 5.65 Å². The molecule has 0 unspecified atom stereocenters.